The van der Waals surface area contributed by atoms with E-state index in [9.17, 15) is 4.39 Å². The smallest absolute Gasteiger partial charge is 0.147 e. The van der Waals surface area contributed by atoms with Gasteiger partial charge in [0.1, 0.15) is 5.82 Å². The Kier molecular flexibility index (Phi) is 3.64. The Labute approximate surface area is 104 Å². The summed E-state index contributed by atoms with van der Waals surface area (Å²) in [5, 5.41) is 7.50. The summed E-state index contributed by atoms with van der Waals surface area (Å²) in [4.78, 5) is 0. The van der Waals surface area contributed by atoms with Crippen LogP contribution in [0.3, 0.4) is 0 Å². The van der Waals surface area contributed by atoms with Gasteiger partial charge in [0.15, 0.2) is 0 Å². The van der Waals surface area contributed by atoms with Crippen LogP contribution in [0.25, 0.3) is 0 Å². The van der Waals surface area contributed by atoms with Gasteiger partial charge in [-0.05, 0) is 30.2 Å². The van der Waals surface area contributed by atoms with Crippen molar-refractivity contribution in [3.63, 3.8) is 0 Å². The molecule has 17 heavy (non-hydrogen) atoms. The second-order valence-corrected chi connectivity index (χ2v) is 4.26. The van der Waals surface area contributed by atoms with Crippen molar-refractivity contribution in [1.82, 2.24) is 9.78 Å². The minimum atomic E-state index is -0.330. The Balaban J connectivity index is 1.90. The van der Waals surface area contributed by atoms with E-state index >= 15 is 0 Å². The molecule has 0 radical (unpaired) electrons. The summed E-state index contributed by atoms with van der Waals surface area (Å²) < 4.78 is 15.2. The van der Waals surface area contributed by atoms with Gasteiger partial charge >= 0.3 is 0 Å². The van der Waals surface area contributed by atoms with Crippen LogP contribution in [0, 0.1) is 5.82 Å². The van der Waals surface area contributed by atoms with E-state index in [1.165, 1.54) is 6.07 Å². The summed E-state index contributed by atoms with van der Waals surface area (Å²) in [6.07, 6.45) is 4.55. The average Bonchev–Trinajstić information content (AvgIpc) is 2.68. The highest BCUT2D eigenvalue weighted by Gasteiger charge is 2.02. The summed E-state index contributed by atoms with van der Waals surface area (Å²) >= 11 is 5.67. The molecule has 1 aromatic heterocycles. The summed E-state index contributed by atoms with van der Waals surface area (Å²) in [7, 11) is 1.87. The minimum Gasteiger partial charge on any atom is -0.382 e. The van der Waals surface area contributed by atoms with Crippen molar-refractivity contribution >= 4 is 17.3 Å². The van der Waals surface area contributed by atoms with Gasteiger partial charge in [-0.1, -0.05) is 11.6 Å². The molecule has 0 bridgehead atoms. The Morgan fingerprint density at radius 2 is 2.29 bits per heavy atom. The summed E-state index contributed by atoms with van der Waals surface area (Å²) in [5.74, 6) is -0.330. The number of aryl methyl sites for hydroxylation is 1. The molecule has 1 heterocycles. The monoisotopic (exact) mass is 253 g/mol. The largest absolute Gasteiger partial charge is 0.382 e. The molecule has 3 nitrogen and oxygen atoms in total. The third-order valence-corrected chi connectivity index (χ3v) is 2.65. The first-order valence-corrected chi connectivity index (χ1v) is 5.69. The summed E-state index contributed by atoms with van der Waals surface area (Å²) in [5.41, 5.74) is 1.59. The molecule has 90 valence electrons. The zero-order chi connectivity index (χ0) is 12.3. The Morgan fingerprint density at radius 3 is 2.94 bits per heavy atom. The molecule has 0 atom stereocenters. The van der Waals surface area contributed by atoms with E-state index in [1.54, 1.807) is 23.0 Å². The molecular weight excluding hydrogens is 241 g/mol. The number of hydrogen-bond donors (Lipinski definition) is 1. The first-order chi connectivity index (χ1) is 8.15. The topological polar surface area (TPSA) is 29.9 Å². The number of anilines is 1. The van der Waals surface area contributed by atoms with Crippen molar-refractivity contribution in [2.45, 2.75) is 6.42 Å². The first kappa shape index (κ1) is 11.9. The number of nitrogens with zero attached hydrogens (tertiary/aromatic N) is 2. The molecule has 2 rings (SSSR count). The van der Waals surface area contributed by atoms with E-state index in [0.29, 0.717) is 17.3 Å². The lowest BCUT2D eigenvalue weighted by Crippen LogP contribution is -2.05. The van der Waals surface area contributed by atoms with Crippen LogP contribution in [0.15, 0.2) is 30.6 Å². The molecule has 0 unspecified atom stereocenters. The third kappa shape index (κ3) is 3.20. The van der Waals surface area contributed by atoms with E-state index in [1.807, 2.05) is 13.2 Å². The highest BCUT2D eigenvalue weighted by atomic mass is 35.5. The molecule has 0 aliphatic heterocycles. The van der Waals surface area contributed by atoms with Crippen LogP contribution in [0.2, 0.25) is 5.02 Å². The van der Waals surface area contributed by atoms with E-state index in [4.69, 9.17) is 11.6 Å². The molecule has 5 heteroatoms. The van der Waals surface area contributed by atoms with Gasteiger partial charge in [-0.15, -0.1) is 0 Å². The van der Waals surface area contributed by atoms with Crippen LogP contribution in [0.5, 0.6) is 0 Å². The average molecular weight is 254 g/mol. The Bertz CT molecular complexity index is 510. The van der Waals surface area contributed by atoms with Gasteiger partial charge in [0.2, 0.25) is 0 Å². The molecule has 0 fully saturated rings. The van der Waals surface area contributed by atoms with Gasteiger partial charge in [0.05, 0.1) is 11.9 Å². The quantitative estimate of drug-likeness (QED) is 0.908. The number of halogens is 2. The number of aromatic nitrogens is 2. The second-order valence-electron chi connectivity index (χ2n) is 3.82. The summed E-state index contributed by atoms with van der Waals surface area (Å²) in [6, 6.07) is 4.60. The standard InChI is InChI=1S/C12H13ClFN3/c1-17-8-9(7-16-17)4-5-15-12-3-2-10(13)6-11(12)14/h2-3,6-8,15H,4-5H2,1H3. The third-order valence-electron chi connectivity index (χ3n) is 2.42. The highest BCUT2D eigenvalue weighted by molar-refractivity contribution is 6.30. The lowest BCUT2D eigenvalue weighted by Gasteiger charge is -2.06. The lowest BCUT2D eigenvalue weighted by atomic mass is 10.2. The van der Waals surface area contributed by atoms with E-state index in [0.717, 1.165) is 12.0 Å². The molecule has 0 spiro atoms. The van der Waals surface area contributed by atoms with Crippen molar-refractivity contribution < 1.29 is 4.39 Å². The first-order valence-electron chi connectivity index (χ1n) is 5.31. The van der Waals surface area contributed by atoms with Crippen LogP contribution in [0.4, 0.5) is 10.1 Å². The van der Waals surface area contributed by atoms with Crippen LogP contribution in [0.1, 0.15) is 5.56 Å². The molecule has 0 saturated carbocycles. The van der Waals surface area contributed by atoms with Crippen molar-refractivity contribution in [3.05, 3.63) is 47.0 Å². The second kappa shape index (κ2) is 5.19. The minimum absolute atomic E-state index is 0.330. The molecular formula is C12H13ClFN3. The molecule has 1 N–H and O–H groups in total. The SMILES string of the molecule is Cn1cc(CCNc2ccc(Cl)cc2F)cn1. The molecule has 2 aromatic rings. The van der Waals surface area contributed by atoms with Crippen LogP contribution < -0.4 is 5.32 Å². The van der Waals surface area contributed by atoms with Crippen LogP contribution in [-0.4, -0.2) is 16.3 Å². The molecule has 1 aromatic carbocycles. The van der Waals surface area contributed by atoms with Gasteiger partial charge in [0.25, 0.3) is 0 Å². The molecule has 0 saturated heterocycles. The van der Waals surface area contributed by atoms with Crippen molar-refractivity contribution in [3.8, 4) is 0 Å². The summed E-state index contributed by atoms with van der Waals surface area (Å²) in [6.45, 7) is 0.657. The van der Waals surface area contributed by atoms with Gasteiger partial charge < -0.3 is 5.32 Å². The van der Waals surface area contributed by atoms with Crippen molar-refractivity contribution in [2.75, 3.05) is 11.9 Å². The van der Waals surface area contributed by atoms with Gasteiger partial charge in [0, 0.05) is 24.8 Å². The fraction of sp³-hybridized carbons (Fsp3) is 0.250. The van der Waals surface area contributed by atoms with Crippen molar-refractivity contribution in [2.24, 2.45) is 7.05 Å². The van der Waals surface area contributed by atoms with Gasteiger partial charge in [-0.3, -0.25) is 4.68 Å². The fourth-order valence-corrected chi connectivity index (χ4v) is 1.73. The number of nitrogens with one attached hydrogen (secondary N) is 1. The zero-order valence-corrected chi connectivity index (χ0v) is 10.2. The number of rotatable bonds is 4. The van der Waals surface area contributed by atoms with Crippen LogP contribution in [-0.2, 0) is 13.5 Å². The van der Waals surface area contributed by atoms with Crippen molar-refractivity contribution in [1.29, 1.82) is 0 Å². The normalized spacial score (nSPS) is 10.5. The zero-order valence-electron chi connectivity index (χ0n) is 9.45. The predicted molar refractivity (Wildman–Crippen MR) is 66.8 cm³/mol. The lowest BCUT2D eigenvalue weighted by molar-refractivity contribution is 0.630. The van der Waals surface area contributed by atoms with E-state index in [2.05, 4.69) is 10.4 Å². The molecule has 0 aliphatic rings. The Hall–Kier alpha value is -1.55. The maximum Gasteiger partial charge on any atom is 0.147 e. The highest BCUT2D eigenvalue weighted by Crippen LogP contribution is 2.18. The molecule has 0 amide bonds. The van der Waals surface area contributed by atoms with Gasteiger partial charge in [-0.25, -0.2) is 4.39 Å². The fourth-order valence-electron chi connectivity index (χ4n) is 1.58. The number of hydrogen-bond acceptors (Lipinski definition) is 2. The Morgan fingerprint density at radius 1 is 1.47 bits per heavy atom. The number of benzene rings is 1. The van der Waals surface area contributed by atoms with E-state index in [-0.39, 0.29) is 5.82 Å². The maximum absolute atomic E-state index is 13.4. The van der Waals surface area contributed by atoms with Gasteiger partial charge in [-0.2, -0.15) is 5.10 Å². The molecule has 0 aliphatic carbocycles. The predicted octanol–water partition coefficient (Wildman–Crippen LogP) is 2.87. The van der Waals surface area contributed by atoms with Crippen LogP contribution >= 0.6 is 11.6 Å². The van der Waals surface area contributed by atoms with E-state index < -0.39 is 0 Å². The maximum atomic E-state index is 13.4.